The number of hydrogen-bond acceptors (Lipinski definition) is 3. The molecule has 1 unspecified atom stereocenters. The molecule has 18 heavy (non-hydrogen) atoms. The zero-order valence-electron chi connectivity index (χ0n) is 11.2. The number of nitrogens with two attached hydrogens (primary N) is 1. The van der Waals surface area contributed by atoms with Crippen molar-refractivity contribution in [3.63, 3.8) is 0 Å². The number of hydrogen-bond donors (Lipinski definition) is 2. The van der Waals surface area contributed by atoms with Crippen LogP contribution in [-0.4, -0.2) is 31.1 Å². The van der Waals surface area contributed by atoms with Crippen LogP contribution < -0.4 is 11.1 Å². The van der Waals surface area contributed by atoms with Gasteiger partial charge in [0.15, 0.2) is 0 Å². The summed E-state index contributed by atoms with van der Waals surface area (Å²) < 4.78 is 0. The minimum Gasteiger partial charge on any atom is -0.384 e. The number of benzene rings is 1. The van der Waals surface area contributed by atoms with Crippen LogP contribution >= 0.6 is 0 Å². The van der Waals surface area contributed by atoms with Crippen molar-refractivity contribution >= 4 is 5.69 Å². The monoisotopic (exact) mass is 245 g/mol. The van der Waals surface area contributed by atoms with E-state index in [1.807, 2.05) is 0 Å². The Bertz CT molecular complexity index is 443. The molecule has 3 heteroatoms. The standard InChI is InChI=1S/C15H23N3/c1-15(10-16)6-8-18(11-15)9-13-4-2-3-12-5-7-17-14(12)13/h2-4,17H,5-11,16H2,1H3. The molecule has 0 aromatic heterocycles. The van der Waals surface area contributed by atoms with Crippen molar-refractivity contribution in [3.05, 3.63) is 29.3 Å². The van der Waals surface area contributed by atoms with Crippen LogP contribution in [0.4, 0.5) is 5.69 Å². The average molecular weight is 245 g/mol. The maximum atomic E-state index is 5.87. The largest absolute Gasteiger partial charge is 0.384 e. The first kappa shape index (κ1) is 12.0. The fraction of sp³-hybridized carbons (Fsp3) is 0.600. The SMILES string of the molecule is CC1(CN)CCN(Cc2cccc3c2NCC3)C1. The summed E-state index contributed by atoms with van der Waals surface area (Å²) in [5, 5.41) is 3.53. The first-order chi connectivity index (χ1) is 8.70. The molecule has 2 aliphatic heterocycles. The van der Waals surface area contributed by atoms with E-state index < -0.39 is 0 Å². The van der Waals surface area contributed by atoms with Gasteiger partial charge >= 0.3 is 0 Å². The molecule has 0 amide bonds. The van der Waals surface area contributed by atoms with Gasteiger partial charge in [0.25, 0.3) is 0 Å². The Hall–Kier alpha value is -1.06. The minimum absolute atomic E-state index is 0.325. The zero-order valence-corrected chi connectivity index (χ0v) is 11.2. The number of nitrogens with one attached hydrogen (secondary N) is 1. The number of fused-ring (bicyclic) bond motifs is 1. The highest BCUT2D eigenvalue weighted by Gasteiger charge is 2.32. The molecule has 3 nitrogen and oxygen atoms in total. The van der Waals surface area contributed by atoms with Crippen molar-refractivity contribution in [3.8, 4) is 0 Å². The summed E-state index contributed by atoms with van der Waals surface area (Å²) in [5.41, 5.74) is 10.5. The molecule has 3 N–H and O–H groups in total. The molecule has 3 rings (SSSR count). The van der Waals surface area contributed by atoms with Gasteiger partial charge in [-0.3, -0.25) is 4.90 Å². The smallest absolute Gasteiger partial charge is 0.0419 e. The molecule has 1 aromatic rings. The van der Waals surface area contributed by atoms with E-state index in [1.54, 1.807) is 0 Å². The van der Waals surface area contributed by atoms with Crippen LogP contribution in [0.2, 0.25) is 0 Å². The van der Waals surface area contributed by atoms with Crippen molar-refractivity contribution < 1.29 is 0 Å². The predicted octanol–water partition coefficient (Wildman–Crippen LogP) is 1.83. The van der Waals surface area contributed by atoms with E-state index in [1.165, 1.54) is 36.2 Å². The fourth-order valence-corrected chi connectivity index (χ4v) is 3.21. The van der Waals surface area contributed by atoms with Crippen molar-refractivity contribution in [2.75, 3.05) is 31.5 Å². The van der Waals surface area contributed by atoms with Gasteiger partial charge in [-0.05, 0) is 42.5 Å². The predicted molar refractivity (Wildman–Crippen MR) is 75.7 cm³/mol. The molecule has 0 bridgehead atoms. The van der Waals surface area contributed by atoms with E-state index in [9.17, 15) is 0 Å². The quantitative estimate of drug-likeness (QED) is 0.853. The Labute approximate surface area is 109 Å². The Balaban J connectivity index is 1.73. The van der Waals surface area contributed by atoms with Crippen LogP contribution in [0.25, 0.3) is 0 Å². The number of rotatable bonds is 3. The summed E-state index contributed by atoms with van der Waals surface area (Å²) in [7, 11) is 0. The zero-order chi connectivity index (χ0) is 12.6. The highest BCUT2D eigenvalue weighted by atomic mass is 15.2. The lowest BCUT2D eigenvalue weighted by Crippen LogP contribution is -2.31. The second kappa shape index (κ2) is 4.56. The Morgan fingerprint density at radius 2 is 2.33 bits per heavy atom. The molecule has 2 aliphatic rings. The van der Waals surface area contributed by atoms with E-state index >= 15 is 0 Å². The summed E-state index contributed by atoms with van der Waals surface area (Å²) in [5.74, 6) is 0. The third-order valence-corrected chi connectivity index (χ3v) is 4.46. The van der Waals surface area contributed by atoms with Crippen LogP contribution in [0.3, 0.4) is 0 Å². The van der Waals surface area contributed by atoms with Gasteiger partial charge in [0.2, 0.25) is 0 Å². The van der Waals surface area contributed by atoms with Crippen LogP contribution in [0, 0.1) is 5.41 Å². The van der Waals surface area contributed by atoms with Crippen LogP contribution in [0.5, 0.6) is 0 Å². The number of para-hydroxylation sites is 1. The molecular formula is C15H23N3. The molecule has 1 atom stereocenters. The lowest BCUT2D eigenvalue weighted by Gasteiger charge is -2.23. The highest BCUT2D eigenvalue weighted by molar-refractivity contribution is 5.61. The first-order valence-corrected chi connectivity index (χ1v) is 6.97. The van der Waals surface area contributed by atoms with Gasteiger partial charge in [-0.25, -0.2) is 0 Å². The lowest BCUT2D eigenvalue weighted by atomic mass is 9.90. The summed E-state index contributed by atoms with van der Waals surface area (Å²) in [6.45, 7) is 7.57. The summed E-state index contributed by atoms with van der Waals surface area (Å²) in [6, 6.07) is 6.70. The van der Waals surface area contributed by atoms with Gasteiger partial charge in [0.1, 0.15) is 0 Å². The van der Waals surface area contributed by atoms with Crippen LogP contribution in [0.15, 0.2) is 18.2 Å². The topological polar surface area (TPSA) is 41.3 Å². The maximum Gasteiger partial charge on any atom is 0.0419 e. The van der Waals surface area contributed by atoms with Crippen LogP contribution in [-0.2, 0) is 13.0 Å². The Morgan fingerprint density at radius 3 is 3.11 bits per heavy atom. The number of anilines is 1. The van der Waals surface area contributed by atoms with E-state index in [4.69, 9.17) is 5.73 Å². The lowest BCUT2D eigenvalue weighted by molar-refractivity contribution is 0.275. The van der Waals surface area contributed by atoms with Crippen molar-refractivity contribution in [2.24, 2.45) is 11.1 Å². The van der Waals surface area contributed by atoms with Crippen molar-refractivity contribution in [2.45, 2.75) is 26.3 Å². The molecule has 2 heterocycles. The molecule has 1 saturated heterocycles. The molecular weight excluding hydrogens is 222 g/mol. The van der Waals surface area contributed by atoms with Crippen LogP contribution in [0.1, 0.15) is 24.5 Å². The summed E-state index contributed by atoms with van der Waals surface area (Å²) in [6.07, 6.45) is 2.40. The molecule has 1 fully saturated rings. The Kier molecular flexibility index (Phi) is 3.04. The molecule has 0 radical (unpaired) electrons. The van der Waals surface area contributed by atoms with Gasteiger partial charge < -0.3 is 11.1 Å². The van der Waals surface area contributed by atoms with Gasteiger partial charge in [0, 0.05) is 25.3 Å². The van der Waals surface area contributed by atoms with E-state index in [-0.39, 0.29) is 0 Å². The normalized spacial score (nSPS) is 27.2. The van der Waals surface area contributed by atoms with Crippen molar-refractivity contribution in [1.82, 2.24) is 4.90 Å². The van der Waals surface area contributed by atoms with Gasteiger partial charge in [-0.2, -0.15) is 0 Å². The van der Waals surface area contributed by atoms with Crippen molar-refractivity contribution in [1.29, 1.82) is 0 Å². The molecule has 98 valence electrons. The second-order valence-corrected chi connectivity index (χ2v) is 6.10. The van der Waals surface area contributed by atoms with E-state index in [0.29, 0.717) is 5.41 Å². The third kappa shape index (κ3) is 2.13. The second-order valence-electron chi connectivity index (χ2n) is 6.10. The molecule has 0 saturated carbocycles. The summed E-state index contributed by atoms with van der Waals surface area (Å²) in [4.78, 5) is 2.54. The van der Waals surface area contributed by atoms with Gasteiger partial charge in [-0.15, -0.1) is 0 Å². The molecule has 0 aliphatic carbocycles. The number of nitrogens with zero attached hydrogens (tertiary/aromatic N) is 1. The Morgan fingerprint density at radius 1 is 1.44 bits per heavy atom. The molecule has 1 aromatic carbocycles. The maximum absolute atomic E-state index is 5.87. The third-order valence-electron chi connectivity index (χ3n) is 4.46. The average Bonchev–Trinajstić information content (AvgIpc) is 2.98. The van der Waals surface area contributed by atoms with E-state index in [2.05, 4.69) is 35.3 Å². The van der Waals surface area contributed by atoms with Gasteiger partial charge in [0.05, 0.1) is 0 Å². The number of likely N-dealkylation sites (tertiary alicyclic amines) is 1. The van der Waals surface area contributed by atoms with E-state index in [0.717, 1.165) is 26.2 Å². The summed E-state index contributed by atoms with van der Waals surface area (Å²) >= 11 is 0. The molecule has 0 spiro atoms. The minimum atomic E-state index is 0.325. The fourth-order valence-electron chi connectivity index (χ4n) is 3.21. The highest BCUT2D eigenvalue weighted by Crippen LogP contribution is 2.32. The first-order valence-electron chi connectivity index (χ1n) is 6.97. The van der Waals surface area contributed by atoms with Gasteiger partial charge in [-0.1, -0.05) is 25.1 Å².